The van der Waals surface area contributed by atoms with Gasteiger partial charge in [0.15, 0.2) is 6.29 Å². The van der Waals surface area contributed by atoms with Gasteiger partial charge in [-0.05, 0) is 17.7 Å². The van der Waals surface area contributed by atoms with E-state index in [-0.39, 0.29) is 6.61 Å². The zero-order valence-electron chi connectivity index (χ0n) is 14.4. The molecular weight excluding hydrogens is 366 g/mol. The Bertz CT molecular complexity index is 803. The highest BCUT2D eigenvalue weighted by Crippen LogP contribution is 2.39. The lowest BCUT2D eigenvalue weighted by Crippen LogP contribution is -2.60. The van der Waals surface area contributed by atoms with Crippen molar-refractivity contribution in [3.05, 3.63) is 76.7 Å². The van der Waals surface area contributed by atoms with Gasteiger partial charge < -0.3 is 19.3 Å². The van der Waals surface area contributed by atoms with Crippen LogP contribution in [-0.2, 0) is 14.2 Å². The van der Waals surface area contributed by atoms with Gasteiger partial charge >= 0.3 is 0 Å². The van der Waals surface area contributed by atoms with Gasteiger partial charge in [-0.2, -0.15) is 0 Å². The van der Waals surface area contributed by atoms with Gasteiger partial charge in [-0.1, -0.05) is 65.4 Å². The van der Waals surface area contributed by atoms with Gasteiger partial charge in [-0.15, -0.1) is 0 Å². The van der Waals surface area contributed by atoms with E-state index in [9.17, 15) is 5.11 Å². The molecule has 2 aromatic rings. The maximum Gasteiger partial charge on any atom is 0.184 e. The lowest BCUT2D eigenvalue weighted by Gasteiger charge is -2.46. The molecule has 0 radical (unpaired) electrons. The Hall–Kier alpha value is -2.06. The van der Waals surface area contributed by atoms with E-state index in [4.69, 9.17) is 19.7 Å². The summed E-state index contributed by atoms with van der Waals surface area (Å²) in [4.78, 5) is 3.87. The van der Waals surface area contributed by atoms with E-state index in [0.29, 0.717) is 0 Å². The number of hydrogen-bond donors (Lipinski definition) is 1. The van der Waals surface area contributed by atoms with E-state index in [1.54, 1.807) is 0 Å². The van der Waals surface area contributed by atoms with E-state index < -0.39 is 36.1 Å². The van der Waals surface area contributed by atoms with Gasteiger partial charge in [0, 0.05) is 15.4 Å². The van der Waals surface area contributed by atoms with E-state index >= 15 is 0 Å². The van der Waals surface area contributed by atoms with Crippen molar-refractivity contribution in [2.24, 2.45) is 5.11 Å². The number of nitrogens with zero attached hydrogens (tertiary/aromatic N) is 3. The van der Waals surface area contributed by atoms with Gasteiger partial charge in [0.2, 0.25) is 0 Å². The molecule has 2 aliphatic heterocycles. The number of hydrogen-bond acceptors (Lipinski definition) is 6. The summed E-state index contributed by atoms with van der Waals surface area (Å²) in [5.74, 6) is 0. The van der Waals surface area contributed by atoms with Crippen LogP contribution in [0, 0.1) is 0 Å². The molecule has 6 atom stereocenters. The second kappa shape index (κ2) is 8.31. The smallest absolute Gasteiger partial charge is 0.184 e. The van der Waals surface area contributed by atoms with Crippen molar-refractivity contribution in [2.75, 3.05) is 6.61 Å². The van der Waals surface area contributed by atoms with Crippen LogP contribution in [0.1, 0.15) is 11.9 Å². The SMILES string of the molecule is [N-]=[N+]=N[C@@H]1[C@@H](O)[C@@H]2O[C@H](c3ccccc3)OC[C@H]2O[C@@H]1Sc1ccccc1. The number of ether oxygens (including phenoxy) is 3. The lowest BCUT2D eigenvalue weighted by molar-refractivity contribution is -0.305. The quantitative estimate of drug-likeness (QED) is 0.492. The minimum absolute atomic E-state index is 0.288. The highest BCUT2D eigenvalue weighted by molar-refractivity contribution is 7.99. The molecule has 2 aromatic carbocycles. The van der Waals surface area contributed by atoms with E-state index in [0.717, 1.165) is 10.5 Å². The van der Waals surface area contributed by atoms with Crippen molar-refractivity contribution in [3.8, 4) is 0 Å². The molecule has 0 aromatic heterocycles. The minimum Gasteiger partial charge on any atom is -0.390 e. The van der Waals surface area contributed by atoms with Crippen LogP contribution in [0.4, 0.5) is 0 Å². The molecule has 2 aliphatic rings. The third-order valence-corrected chi connectivity index (χ3v) is 5.75. The van der Waals surface area contributed by atoms with Crippen LogP contribution >= 0.6 is 11.8 Å². The van der Waals surface area contributed by atoms with Gasteiger partial charge in [0.1, 0.15) is 23.7 Å². The maximum atomic E-state index is 10.9. The molecule has 7 nitrogen and oxygen atoms in total. The summed E-state index contributed by atoms with van der Waals surface area (Å²) < 4.78 is 17.9. The molecule has 4 rings (SSSR count). The van der Waals surface area contributed by atoms with Crippen molar-refractivity contribution in [3.63, 3.8) is 0 Å². The van der Waals surface area contributed by atoms with Gasteiger partial charge in [-0.3, -0.25) is 0 Å². The summed E-state index contributed by atoms with van der Waals surface area (Å²) in [6, 6.07) is 18.4. The van der Waals surface area contributed by atoms with Gasteiger partial charge in [-0.25, -0.2) is 0 Å². The average molecular weight is 385 g/mol. The second-order valence-electron chi connectivity index (χ2n) is 6.34. The first-order chi connectivity index (χ1) is 13.3. The topological polar surface area (TPSA) is 96.7 Å². The summed E-state index contributed by atoms with van der Waals surface area (Å²) in [5.41, 5.74) is 9.30. The van der Waals surface area contributed by atoms with Crippen molar-refractivity contribution in [1.29, 1.82) is 0 Å². The highest BCUT2D eigenvalue weighted by atomic mass is 32.2. The molecule has 0 saturated carbocycles. The Kier molecular flexibility index (Phi) is 5.63. The van der Waals surface area contributed by atoms with Crippen molar-refractivity contribution in [1.82, 2.24) is 0 Å². The molecule has 2 saturated heterocycles. The zero-order chi connectivity index (χ0) is 18.6. The fourth-order valence-electron chi connectivity index (χ4n) is 3.27. The van der Waals surface area contributed by atoms with E-state index in [2.05, 4.69) is 10.0 Å². The third-order valence-electron chi connectivity index (χ3n) is 4.59. The van der Waals surface area contributed by atoms with Crippen LogP contribution in [0.5, 0.6) is 0 Å². The number of benzene rings is 2. The van der Waals surface area contributed by atoms with Crippen LogP contribution in [0.15, 0.2) is 70.7 Å². The molecule has 2 heterocycles. The third kappa shape index (κ3) is 3.96. The number of rotatable bonds is 4. The Labute approximate surface area is 160 Å². The van der Waals surface area contributed by atoms with Gasteiger partial charge in [0.05, 0.1) is 12.7 Å². The van der Waals surface area contributed by atoms with Crippen molar-refractivity contribution >= 4 is 11.8 Å². The van der Waals surface area contributed by atoms with Gasteiger partial charge in [0.25, 0.3) is 0 Å². The first kappa shape index (κ1) is 18.3. The molecule has 0 aliphatic carbocycles. The molecule has 8 heteroatoms. The number of azide groups is 1. The monoisotopic (exact) mass is 385 g/mol. The Balaban J connectivity index is 1.53. The number of fused-ring (bicyclic) bond motifs is 1. The van der Waals surface area contributed by atoms with Crippen LogP contribution in [0.25, 0.3) is 10.4 Å². The molecule has 140 valence electrons. The molecule has 2 fully saturated rings. The fraction of sp³-hybridized carbons (Fsp3) is 0.368. The fourth-order valence-corrected chi connectivity index (χ4v) is 4.41. The number of aliphatic hydroxyl groups is 1. The summed E-state index contributed by atoms with van der Waals surface area (Å²) in [7, 11) is 0. The average Bonchev–Trinajstić information content (AvgIpc) is 2.72. The standard InChI is InChI=1S/C19H19N3O4S/c20-22-21-15-16(23)17-14(25-19(15)27-13-9-5-2-6-10-13)11-24-18(26-17)12-7-3-1-4-8-12/h1-10,14-19,23H,11H2/t14-,15-,16-,17-,18-,19-/m1/s1. The van der Waals surface area contributed by atoms with Crippen molar-refractivity contribution in [2.45, 2.75) is 41.0 Å². The molecule has 0 unspecified atom stereocenters. The molecule has 1 N–H and O–H groups in total. The summed E-state index contributed by atoms with van der Waals surface area (Å²) in [5, 5.41) is 14.7. The lowest BCUT2D eigenvalue weighted by atomic mass is 9.97. The first-order valence-corrected chi connectivity index (χ1v) is 9.55. The summed E-state index contributed by atoms with van der Waals surface area (Å²) in [6.45, 7) is 0.288. The largest absolute Gasteiger partial charge is 0.390 e. The van der Waals surface area contributed by atoms with Crippen LogP contribution in [0.2, 0.25) is 0 Å². The summed E-state index contributed by atoms with van der Waals surface area (Å²) in [6.07, 6.45) is -2.65. The molecule has 0 amide bonds. The first-order valence-electron chi connectivity index (χ1n) is 8.68. The molecular formula is C19H19N3O4S. The molecule has 0 spiro atoms. The minimum atomic E-state index is -0.990. The molecule has 27 heavy (non-hydrogen) atoms. The predicted octanol–water partition coefficient (Wildman–Crippen LogP) is 3.66. The van der Waals surface area contributed by atoms with Crippen molar-refractivity contribution < 1.29 is 19.3 Å². The predicted molar refractivity (Wildman–Crippen MR) is 99.9 cm³/mol. The Morgan fingerprint density at radius 3 is 2.44 bits per heavy atom. The van der Waals surface area contributed by atoms with Crippen LogP contribution < -0.4 is 0 Å². The highest BCUT2D eigenvalue weighted by Gasteiger charge is 2.49. The number of aliphatic hydroxyl groups excluding tert-OH is 1. The maximum absolute atomic E-state index is 10.9. The molecule has 0 bridgehead atoms. The summed E-state index contributed by atoms with van der Waals surface area (Å²) >= 11 is 1.41. The van der Waals surface area contributed by atoms with Crippen LogP contribution in [0.3, 0.4) is 0 Å². The van der Waals surface area contributed by atoms with E-state index in [1.165, 1.54) is 11.8 Å². The Morgan fingerprint density at radius 1 is 1.04 bits per heavy atom. The second-order valence-corrected chi connectivity index (χ2v) is 7.51. The van der Waals surface area contributed by atoms with Crippen LogP contribution in [-0.4, -0.2) is 41.5 Å². The normalized spacial score (nSPS) is 32.9. The zero-order valence-corrected chi connectivity index (χ0v) is 15.2. The Morgan fingerprint density at radius 2 is 1.74 bits per heavy atom. The van der Waals surface area contributed by atoms with E-state index in [1.807, 2.05) is 60.7 Å². The number of thioether (sulfide) groups is 1.